The van der Waals surface area contributed by atoms with Gasteiger partial charge in [-0.15, -0.1) is 0 Å². The van der Waals surface area contributed by atoms with Crippen LogP contribution in [0.1, 0.15) is 59.2 Å². The number of nitrogens with zero attached hydrogens (tertiary/aromatic N) is 2. The number of carbonyl (C=O) groups excluding carboxylic acids is 2. The van der Waals surface area contributed by atoms with E-state index in [4.69, 9.17) is 4.74 Å². The Morgan fingerprint density at radius 2 is 1.54 bits per heavy atom. The van der Waals surface area contributed by atoms with E-state index in [0.717, 1.165) is 25.7 Å². The Balaban J connectivity index is 1.44. The summed E-state index contributed by atoms with van der Waals surface area (Å²) in [6.45, 7) is 1.93. The Kier molecular flexibility index (Phi) is 8.07. The van der Waals surface area contributed by atoms with E-state index in [9.17, 15) is 18.0 Å². The maximum atomic E-state index is 13.4. The molecule has 2 fully saturated rings. The summed E-state index contributed by atoms with van der Waals surface area (Å²) in [5.41, 5.74) is 0.938. The smallest absolute Gasteiger partial charge is 0.253 e. The number of sulfonamides is 1. The van der Waals surface area contributed by atoms with Crippen LogP contribution in [0, 0.1) is 0 Å². The maximum absolute atomic E-state index is 13.4. The third-order valence-electron chi connectivity index (χ3n) is 6.75. The second-order valence-electron chi connectivity index (χ2n) is 9.09. The molecule has 0 radical (unpaired) electrons. The van der Waals surface area contributed by atoms with E-state index >= 15 is 0 Å². The number of benzene rings is 2. The largest absolute Gasteiger partial charge is 0.495 e. The number of nitrogens with one attached hydrogen (secondary N) is 1. The Labute approximate surface area is 207 Å². The van der Waals surface area contributed by atoms with Crippen molar-refractivity contribution < 1.29 is 22.7 Å². The maximum Gasteiger partial charge on any atom is 0.253 e. The fourth-order valence-corrected chi connectivity index (χ4v) is 6.40. The van der Waals surface area contributed by atoms with Gasteiger partial charge in [-0.1, -0.05) is 31.0 Å². The van der Waals surface area contributed by atoms with E-state index in [-0.39, 0.29) is 28.5 Å². The van der Waals surface area contributed by atoms with Gasteiger partial charge < -0.3 is 15.0 Å². The number of carbonyl (C=O) groups is 2. The standard InChI is InChI=1S/C26H33N3O5S/c1-34-23-12-11-21(19-24(23)35(32,33)29-15-7-2-3-8-16-29)26(31)28-17-13-22(14-18-28)27-25(30)20-9-5-4-6-10-20/h4-6,9-12,19,22H,2-3,7-8,13-18H2,1H3,(H,27,30). The van der Waals surface area contributed by atoms with Gasteiger partial charge in [0.05, 0.1) is 7.11 Å². The zero-order chi connectivity index (χ0) is 24.8. The van der Waals surface area contributed by atoms with Gasteiger partial charge in [-0.05, 0) is 56.0 Å². The summed E-state index contributed by atoms with van der Waals surface area (Å²) >= 11 is 0. The zero-order valence-electron chi connectivity index (χ0n) is 20.1. The molecular weight excluding hydrogens is 466 g/mol. The van der Waals surface area contributed by atoms with Crippen molar-refractivity contribution >= 4 is 21.8 Å². The van der Waals surface area contributed by atoms with Gasteiger partial charge in [0.1, 0.15) is 10.6 Å². The number of amides is 2. The fourth-order valence-electron chi connectivity index (χ4n) is 4.70. The third-order valence-corrected chi connectivity index (χ3v) is 8.67. The molecule has 0 saturated carbocycles. The molecule has 0 unspecified atom stereocenters. The first kappa shape index (κ1) is 25.2. The molecule has 2 saturated heterocycles. The molecule has 9 heteroatoms. The lowest BCUT2D eigenvalue weighted by molar-refractivity contribution is 0.0697. The molecule has 1 N–H and O–H groups in total. The predicted octanol–water partition coefficient (Wildman–Crippen LogP) is 3.29. The molecule has 2 amide bonds. The molecule has 2 aliphatic heterocycles. The molecule has 4 rings (SSSR count). The van der Waals surface area contributed by atoms with Crippen molar-refractivity contribution in [3.63, 3.8) is 0 Å². The van der Waals surface area contributed by atoms with Crippen LogP contribution in [0.15, 0.2) is 53.4 Å². The van der Waals surface area contributed by atoms with E-state index < -0.39 is 10.0 Å². The molecule has 0 spiro atoms. The summed E-state index contributed by atoms with van der Waals surface area (Å²) < 4.78 is 33.7. The van der Waals surface area contributed by atoms with Crippen molar-refractivity contribution in [1.29, 1.82) is 0 Å². The van der Waals surface area contributed by atoms with Crippen LogP contribution >= 0.6 is 0 Å². The monoisotopic (exact) mass is 499 g/mol. The lowest BCUT2D eigenvalue weighted by Crippen LogP contribution is -2.46. The molecule has 0 aliphatic carbocycles. The highest BCUT2D eigenvalue weighted by Gasteiger charge is 2.31. The van der Waals surface area contributed by atoms with E-state index in [1.54, 1.807) is 29.2 Å². The van der Waals surface area contributed by atoms with Crippen LogP contribution in [-0.4, -0.2) is 68.8 Å². The second-order valence-corrected chi connectivity index (χ2v) is 11.0. The summed E-state index contributed by atoms with van der Waals surface area (Å²) in [6.07, 6.45) is 4.97. The first-order valence-corrected chi connectivity index (χ1v) is 13.7. The number of ether oxygens (including phenoxy) is 1. The van der Waals surface area contributed by atoms with Crippen LogP contribution < -0.4 is 10.1 Å². The molecule has 0 bridgehead atoms. The fraction of sp³-hybridized carbons (Fsp3) is 0.462. The van der Waals surface area contributed by atoms with Crippen molar-refractivity contribution in [2.45, 2.75) is 49.5 Å². The van der Waals surface area contributed by atoms with Crippen molar-refractivity contribution in [3.05, 3.63) is 59.7 Å². The summed E-state index contributed by atoms with van der Waals surface area (Å²) in [5, 5.41) is 3.04. The lowest BCUT2D eigenvalue weighted by Gasteiger charge is -2.32. The Bertz CT molecular complexity index is 1140. The van der Waals surface area contributed by atoms with Gasteiger partial charge in [-0.3, -0.25) is 9.59 Å². The first-order chi connectivity index (χ1) is 16.9. The van der Waals surface area contributed by atoms with Gasteiger partial charge in [0.25, 0.3) is 11.8 Å². The lowest BCUT2D eigenvalue weighted by atomic mass is 10.0. The van der Waals surface area contributed by atoms with Crippen LogP contribution in [0.4, 0.5) is 0 Å². The average molecular weight is 500 g/mol. The predicted molar refractivity (Wildman–Crippen MR) is 133 cm³/mol. The summed E-state index contributed by atoms with van der Waals surface area (Å²) in [6, 6.07) is 13.7. The number of hydrogen-bond donors (Lipinski definition) is 1. The minimum atomic E-state index is -3.77. The third kappa shape index (κ3) is 5.85. The molecule has 2 aliphatic rings. The van der Waals surface area contributed by atoms with E-state index in [1.165, 1.54) is 17.5 Å². The highest BCUT2D eigenvalue weighted by Crippen LogP contribution is 2.30. The van der Waals surface area contributed by atoms with E-state index in [0.29, 0.717) is 50.1 Å². The number of piperidine rings is 1. The Morgan fingerprint density at radius 3 is 2.17 bits per heavy atom. The van der Waals surface area contributed by atoms with Gasteiger partial charge >= 0.3 is 0 Å². The SMILES string of the molecule is COc1ccc(C(=O)N2CCC(NC(=O)c3ccccc3)CC2)cc1S(=O)(=O)N1CCCCCC1. The van der Waals surface area contributed by atoms with Crippen molar-refractivity contribution in [3.8, 4) is 5.75 Å². The number of methoxy groups -OCH3 is 1. The summed E-state index contributed by atoms with van der Waals surface area (Å²) in [5.74, 6) is -0.0881. The van der Waals surface area contributed by atoms with Crippen LogP contribution in [0.3, 0.4) is 0 Å². The quantitative estimate of drug-likeness (QED) is 0.658. The van der Waals surface area contributed by atoms with Gasteiger partial charge in [-0.2, -0.15) is 4.31 Å². The minimum Gasteiger partial charge on any atom is -0.495 e. The molecule has 2 aromatic rings. The average Bonchev–Trinajstić information content (AvgIpc) is 3.19. The Morgan fingerprint density at radius 1 is 0.886 bits per heavy atom. The van der Waals surface area contributed by atoms with Gasteiger partial charge in [0, 0.05) is 43.3 Å². The molecule has 2 aromatic carbocycles. The van der Waals surface area contributed by atoms with E-state index in [2.05, 4.69) is 5.32 Å². The topological polar surface area (TPSA) is 96.0 Å². The molecular formula is C26H33N3O5S. The van der Waals surface area contributed by atoms with Gasteiger partial charge in [0.15, 0.2) is 0 Å². The summed E-state index contributed by atoms with van der Waals surface area (Å²) in [4.78, 5) is 27.4. The molecule has 0 atom stereocenters. The molecule has 0 aromatic heterocycles. The first-order valence-electron chi connectivity index (χ1n) is 12.2. The molecule has 35 heavy (non-hydrogen) atoms. The van der Waals surface area contributed by atoms with Crippen molar-refractivity contribution in [2.75, 3.05) is 33.3 Å². The number of likely N-dealkylation sites (tertiary alicyclic amines) is 1. The van der Waals surface area contributed by atoms with Gasteiger partial charge in [-0.25, -0.2) is 8.42 Å². The second kappa shape index (κ2) is 11.2. The normalized spacial score (nSPS) is 18.0. The van der Waals surface area contributed by atoms with Crippen molar-refractivity contribution in [1.82, 2.24) is 14.5 Å². The molecule has 8 nitrogen and oxygen atoms in total. The van der Waals surface area contributed by atoms with Crippen LogP contribution in [0.2, 0.25) is 0 Å². The molecule has 2 heterocycles. The highest BCUT2D eigenvalue weighted by molar-refractivity contribution is 7.89. The number of hydrogen-bond acceptors (Lipinski definition) is 5. The van der Waals surface area contributed by atoms with Gasteiger partial charge in [0.2, 0.25) is 10.0 Å². The molecule has 188 valence electrons. The zero-order valence-corrected chi connectivity index (χ0v) is 20.9. The van der Waals surface area contributed by atoms with Crippen LogP contribution in [-0.2, 0) is 10.0 Å². The van der Waals surface area contributed by atoms with Crippen LogP contribution in [0.5, 0.6) is 5.75 Å². The van der Waals surface area contributed by atoms with E-state index in [1.807, 2.05) is 18.2 Å². The van der Waals surface area contributed by atoms with Crippen molar-refractivity contribution in [2.24, 2.45) is 0 Å². The highest BCUT2D eigenvalue weighted by atomic mass is 32.2. The van der Waals surface area contributed by atoms with Crippen LogP contribution in [0.25, 0.3) is 0 Å². The minimum absolute atomic E-state index is 0.0124. The summed E-state index contributed by atoms with van der Waals surface area (Å²) in [7, 11) is -2.34. The number of rotatable bonds is 6. The Hall–Kier alpha value is -2.91.